The number of hydrogen-bond donors (Lipinski definition) is 2. The van der Waals surface area contributed by atoms with Gasteiger partial charge in [0.2, 0.25) is 11.8 Å². The summed E-state index contributed by atoms with van der Waals surface area (Å²) < 4.78 is 10.4. The Morgan fingerprint density at radius 2 is 1.83 bits per heavy atom. The van der Waals surface area contributed by atoms with Crippen LogP contribution in [-0.4, -0.2) is 39.1 Å². The van der Waals surface area contributed by atoms with E-state index in [2.05, 4.69) is 10.6 Å². The fraction of sp³-hybridized carbons (Fsp3) is 0.412. The number of ether oxygens (including phenoxy) is 2. The van der Waals surface area contributed by atoms with Crippen LogP contribution >= 0.6 is 0 Å². The van der Waals surface area contributed by atoms with Crippen molar-refractivity contribution < 1.29 is 19.1 Å². The van der Waals surface area contributed by atoms with E-state index >= 15 is 0 Å². The van der Waals surface area contributed by atoms with Crippen LogP contribution in [-0.2, 0) is 9.59 Å². The Labute approximate surface area is 136 Å². The predicted octanol–water partition coefficient (Wildman–Crippen LogP) is 1.61. The molecule has 0 radical (unpaired) electrons. The summed E-state index contributed by atoms with van der Waals surface area (Å²) in [6.07, 6.45) is 3.09. The second-order valence-corrected chi connectivity index (χ2v) is 5.18. The standard InChI is InChI=1S/C17H24N2O4/c1-12(2)17(21)19-10-9-18-16(20)8-6-13-5-7-14(22-3)11-15(13)23-4/h5-8,11-12H,9-10H2,1-4H3,(H,18,20)(H,19,21). The van der Waals surface area contributed by atoms with Crippen LogP contribution in [0.3, 0.4) is 0 Å². The lowest BCUT2D eigenvalue weighted by molar-refractivity contribution is -0.124. The van der Waals surface area contributed by atoms with Crippen molar-refractivity contribution >= 4 is 17.9 Å². The summed E-state index contributed by atoms with van der Waals surface area (Å²) >= 11 is 0. The van der Waals surface area contributed by atoms with Gasteiger partial charge in [0.15, 0.2) is 0 Å². The van der Waals surface area contributed by atoms with Crippen molar-refractivity contribution in [3.8, 4) is 11.5 Å². The molecule has 6 nitrogen and oxygen atoms in total. The van der Waals surface area contributed by atoms with Gasteiger partial charge in [-0.2, -0.15) is 0 Å². The minimum Gasteiger partial charge on any atom is -0.497 e. The maximum atomic E-state index is 11.7. The molecule has 1 aromatic rings. The molecule has 0 aliphatic rings. The molecule has 0 spiro atoms. The van der Waals surface area contributed by atoms with Crippen molar-refractivity contribution in [2.45, 2.75) is 13.8 Å². The Hall–Kier alpha value is -2.50. The molecule has 2 N–H and O–H groups in total. The first-order valence-corrected chi connectivity index (χ1v) is 7.43. The van der Waals surface area contributed by atoms with Gasteiger partial charge in [-0.3, -0.25) is 9.59 Å². The molecular weight excluding hydrogens is 296 g/mol. The van der Waals surface area contributed by atoms with Crippen LogP contribution in [0.2, 0.25) is 0 Å². The van der Waals surface area contributed by atoms with Crippen molar-refractivity contribution in [3.63, 3.8) is 0 Å². The highest BCUT2D eigenvalue weighted by molar-refractivity contribution is 5.92. The van der Waals surface area contributed by atoms with Crippen LogP contribution in [0.15, 0.2) is 24.3 Å². The summed E-state index contributed by atoms with van der Waals surface area (Å²) in [5.74, 6) is 0.981. The molecule has 2 amide bonds. The van der Waals surface area contributed by atoms with Crippen molar-refractivity contribution in [1.82, 2.24) is 10.6 Å². The Balaban J connectivity index is 2.48. The highest BCUT2D eigenvalue weighted by Gasteiger charge is 2.05. The molecule has 1 aromatic carbocycles. The topological polar surface area (TPSA) is 76.7 Å². The predicted molar refractivity (Wildman–Crippen MR) is 89.4 cm³/mol. The normalized spacial score (nSPS) is 10.7. The summed E-state index contributed by atoms with van der Waals surface area (Å²) in [6, 6.07) is 5.35. The third-order valence-corrected chi connectivity index (χ3v) is 3.10. The molecule has 0 atom stereocenters. The second kappa shape index (κ2) is 9.50. The van der Waals surface area contributed by atoms with Gasteiger partial charge in [-0.1, -0.05) is 13.8 Å². The van der Waals surface area contributed by atoms with Gasteiger partial charge in [0, 0.05) is 36.7 Å². The van der Waals surface area contributed by atoms with Crippen LogP contribution in [0.4, 0.5) is 0 Å². The first kappa shape index (κ1) is 18.5. The van der Waals surface area contributed by atoms with Crippen LogP contribution in [0.25, 0.3) is 6.08 Å². The maximum absolute atomic E-state index is 11.7. The quantitative estimate of drug-likeness (QED) is 0.563. The molecule has 0 fully saturated rings. The lowest BCUT2D eigenvalue weighted by Crippen LogP contribution is -2.35. The number of amides is 2. The third-order valence-electron chi connectivity index (χ3n) is 3.10. The van der Waals surface area contributed by atoms with Gasteiger partial charge in [-0.25, -0.2) is 0 Å². The lowest BCUT2D eigenvalue weighted by Gasteiger charge is -2.08. The minimum atomic E-state index is -0.235. The fourth-order valence-corrected chi connectivity index (χ4v) is 1.76. The number of nitrogens with one attached hydrogen (secondary N) is 2. The maximum Gasteiger partial charge on any atom is 0.244 e. The molecule has 6 heteroatoms. The molecule has 0 aliphatic heterocycles. The van der Waals surface area contributed by atoms with Crippen LogP contribution in [0, 0.1) is 5.92 Å². The largest absolute Gasteiger partial charge is 0.497 e. The van der Waals surface area contributed by atoms with Crippen molar-refractivity contribution in [1.29, 1.82) is 0 Å². The summed E-state index contributed by atoms with van der Waals surface area (Å²) in [5.41, 5.74) is 0.775. The number of rotatable bonds is 8. The fourth-order valence-electron chi connectivity index (χ4n) is 1.76. The number of carbonyl (C=O) groups is 2. The van der Waals surface area contributed by atoms with E-state index in [1.54, 1.807) is 32.4 Å². The highest BCUT2D eigenvalue weighted by Crippen LogP contribution is 2.25. The molecule has 0 aromatic heterocycles. The first-order chi connectivity index (χ1) is 11.0. The van der Waals surface area contributed by atoms with Crippen LogP contribution in [0.1, 0.15) is 19.4 Å². The van der Waals surface area contributed by atoms with Gasteiger partial charge in [0.25, 0.3) is 0 Å². The SMILES string of the molecule is COc1ccc(C=CC(=O)NCCNC(=O)C(C)C)c(OC)c1. The minimum absolute atomic E-state index is 0.0299. The number of carbonyl (C=O) groups excluding carboxylic acids is 2. The van der Waals surface area contributed by atoms with E-state index < -0.39 is 0 Å². The molecule has 126 valence electrons. The van der Waals surface area contributed by atoms with Gasteiger partial charge in [0.1, 0.15) is 11.5 Å². The van der Waals surface area contributed by atoms with E-state index in [9.17, 15) is 9.59 Å². The number of hydrogen-bond acceptors (Lipinski definition) is 4. The molecule has 0 bridgehead atoms. The van der Waals surface area contributed by atoms with Crippen molar-refractivity contribution in [3.05, 3.63) is 29.8 Å². The summed E-state index contributed by atoms with van der Waals surface area (Å²) in [6.45, 7) is 4.42. The summed E-state index contributed by atoms with van der Waals surface area (Å²) in [5, 5.41) is 5.43. The molecule has 1 rings (SSSR count). The van der Waals surface area contributed by atoms with Gasteiger partial charge < -0.3 is 20.1 Å². The van der Waals surface area contributed by atoms with Crippen molar-refractivity contribution in [2.24, 2.45) is 5.92 Å². The van der Waals surface area contributed by atoms with Gasteiger partial charge in [-0.15, -0.1) is 0 Å². The van der Waals surface area contributed by atoms with E-state index in [1.807, 2.05) is 19.9 Å². The zero-order chi connectivity index (χ0) is 17.2. The molecule has 0 heterocycles. The monoisotopic (exact) mass is 320 g/mol. The third kappa shape index (κ3) is 6.42. The Morgan fingerprint density at radius 3 is 2.43 bits per heavy atom. The lowest BCUT2D eigenvalue weighted by atomic mass is 10.1. The van der Waals surface area contributed by atoms with Crippen molar-refractivity contribution in [2.75, 3.05) is 27.3 Å². The Kier molecular flexibility index (Phi) is 7.66. The average Bonchev–Trinajstić information content (AvgIpc) is 2.56. The molecule has 0 saturated heterocycles. The van der Waals surface area contributed by atoms with E-state index in [0.29, 0.717) is 24.6 Å². The van der Waals surface area contributed by atoms with E-state index in [4.69, 9.17) is 9.47 Å². The number of benzene rings is 1. The highest BCUT2D eigenvalue weighted by atomic mass is 16.5. The smallest absolute Gasteiger partial charge is 0.244 e. The average molecular weight is 320 g/mol. The Bertz CT molecular complexity index is 568. The number of methoxy groups -OCH3 is 2. The zero-order valence-electron chi connectivity index (χ0n) is 14.0. The summed E-state index contributed by atoms with van der Waals surface area (Å²) in [7, 11) is 3.14. The molecular formula is C17H24N2O4. The Morgan fingerprint density at radius 1 is 1.13 bits per heavy atom. The molecule has 23 heavy (non-hydrogen) atoms. The van der Waals surface area contributed by atoms with Gasteiger partial charge in [0.05, 0.1) is 14.2 Å². The van der Waals surface area contributed by atoms with Crippen LogP contribution < -0.4 is 20.1 Å². The van der Waals surface area contributed by atoms with Gasteiger partial charge >= 0.3 is 0 Å². The van der Waals surface area contributed by atoms with Gasteiger partial charge in [-0.05, 0) is 18.2 Å². The molecule has 0 aliphatic carbocycles. The molecule has 0 unspecified atom stereocenters. The van der Waals surface area contributed by atoms with E-state index in [0.717, 1.165) is 5.56 Å². The van der Waals surface area contributed by atoms with Crippen LogP contribution in [0.5, 0.6) is 11.5 Å². The second-order valence-electron chi connectivity index (χ2n) is 5.18. The van der Waals surface area contributed by atoms with E-state index in [-0.39, 0.29) is 17.7 Å². The van der Waals surface area contributed by atoms with E-state index in [1.165, 1.54) is 6.08 Å². The zero-order valence-corrected chi connectivity index (χ0v) is 14.0. The first-order valence-electron chi connectivity index (χ1n) is 7.43. The molecule has 0 saturated carbocycles. The summed E-state index contributed by atoms with van der Waals surface area (Å²) in [4.78, 5) is 23.1.